The van der Waals surface area contributed by atoms with Crippen molar-refractivity contribution < 1.29 is 22.0 Å². The van der Waals surface area contributed by atoms with Crippen LogP contribution in [-0.4, -0.2) is 17.8 Å². The van der Waals surface area contributed by atoms with Crippen molar-refractivity contribution in [3.8, 4) is 0 Å². The highest BCUT2D eigenvalue weighted by molar-refractivity contribution is 6.04. The van der Waals surface area contributed by atoms with Gasteiger partial charge in [-0.1, -0.05) is 0 Å². The lowest BCUT2D eigenvalue weighted by molar-refractivity contribution is -0.0592. The quantitative estimate of drug-likeness (QED) is 0.521. The highest BCUT2D eigenvalue weighted by atomic mass is 19.4. The Morgan fingerprint density at radius 3 is 2.27 bits per heavy atom. The molecule has 3 N–H and O–H groups in total. The molecule has 2 rings (SSSR count). The summed E-state index contributed by atoms with van der Waals surface area (Å²) in [6, 6.07) is 0. The summed E-state index contributed by atoms with van der Waals surface area (Å²) < 4.78 is 62.7. The van der Waals surface area contributed by atoms with E-state index >= 15 is 0 Å². The lowest BCUT2D eigenvalue weighted by Crippen LogP contribution is -2.30. The van der Waals surface area contributed by atoms with Crippen molar-refractivity contribution in [2.75, 3.05) is 0 Å². The van der Waals surface area contributed by atoms with Gasteiger partial charge in [-0.2, -0.15) is 22.0 Å². The van der Waals surface area contributed by atoms with Gasteiger partial charge in [0.05, 0.1) is 5.70 Å². The number of nitrogens with one attached hydrogen (secondary N) is 1. The Bertz CT molecular complexity index is 368. The summed E-state index contributed by atoms with van der Waals surface area (Å²) in [6.07, 6.45) is -4.92. The van der Waals surface area contributed by atoms with Crippen molar-refractivity contribution in [2.24, 2.45) is 17.6 Å². The van der Waals surface area contributed by atoms with Crippen molar-refractivity contribution in [1.29, 1.82) is 5.41 Å². The molecule has 2 aliphatic rings. The number of halogens is 5. The molecule has 15 heavy (non-hydrogen) atoms. The number of rotatable bonds is 1. The minimum Gasteiger partial charge on any atom is -0.397 e. The first-order valence-corrected chi connectivity index (χ1v) is 4.21. The Morgan fingerprint density at radius 1 is 1.40 bits per heavy atom. The highest BCUT2D eigenvalue weighted by Crippen LogP contribution is 2.62. The standard InChI is InChI=1S/C8H7F5N2/c9-7(10)3-1-2(3)4(5(7)14)6(15)8(11,12)13/h2-3,15H,1,14H2/t2-,3+/m0/s1. The average molecular weight is 226 g/mol. The molecule has 1 saturated carbocycles. The van der Waals surface area contributed by atoms with E-state index in [1.54, 1.807) is 0 Å². The Morgan fingerprint density at radius 2 is 1.93 bits per heavy atom. The molecule has 0 bridgehead atoms. The minimum absolute atomic E-state index is 0.0124. The molecule has 0 heterocycles. The molecule has 2 aliphatic carbocycles. The fraction of sp³-hybridized carbons (Fsp3) is 0.625. The minimum atomic E-state index is -4.91. The molecule has 0 radical (unpaired) electrons. The zero-order valence-corrected chi connectivity index (χ0v) is 7.33. The Labute approximate surface area is 81.4 Å². The molecular formula is C8H7F5N2. The predicted octanol–water partition coefficient (Wildman–Crippen LogP) is 2.07. The maximum atomic E-state index is 13.1. The molecular weight excluding hydrogens is 219 g/mol. The first-order chi connectivity index (χ1) is 6.67. The smallest absolute Gasteiger partial charge is 0.397 e. The molecule has 0 aromatic heterocycles. The largest absolute Gasteiger partial charge is 0.433 e. The summed E-state index contributed by atoms with van der Waals surface area (Å²) in [5.74, 6) is -5.39. The first-order valence-electron chi connectivity index (χ1n) is 4.21. The molecule has 0 aliphatic heterocycles. The van der Waals surface area contributed by atoms with E-state index in [0.717, 1.165) is 0 Å². The summed E-state index contributed by atoms with van der Waals surface area (Å²) >= 11 is 0. The van der Waals surface area contributed by atoms with Gasteiger partial charge in [0.2, 0.25) is 0 Å². The number of hydrogen-bond acceptors (Lipinski definition) is 2. The first kappa shape index (κ1) is 10.4. The summed E-state index contributed by atoms with van der Waals surface area (Å²) in [5.41, 5.74) is 1.44. The van der Waals surface area contributed by atoms with Crippen LogP contribution in [-0.2, 0) is 0 Å². The van der Waals surface area contributed by atoms with Crippen molar-refractivity contribution in [3.63, 3.8) is 0 Å². The van der Waals surface area contributed by atoms with Gasteiger partial charge >= 0.3 is 6.18 Å². The lowest BCUT2D eigenvalue weighted by atomic mass is 10.1. The molecule has 2 atom stereocenters. The number of hydrogen-bond donors (Lipinski definition) is 2. The Kier molecular flexibility index (Phi) is 1.74. The Balaban J connectivity index is 2.39. The van der Waals surface area contributed by atoms with Crippen LogP contribution >= 0.6 is 0 Å². The number of nitrogens with two attached hydrogens (primary N) is 1. The van der Waals surface area contributed by atoms with E-state index in [-0.39, 0.29) is 6.42 Å². The number of allylic oxidation sites excluding steroid dienone is 2. The summed E-state index contributed by atoms with van der Waals surface area (Å²) in [5, 5.41) is 6.81. The van der Waals surface area contributed by atoms with E-state index < -0.39 is 40.9 Å². The van der Waals surface area contributed by atoms with Crippen molar-refractivity contribution in [1.82, 2.24) is 0 Å². The molecule has 1 fully saturated rings. The van der Waals surface area contributed by atoms with Gasteiger partial charge in [0, 0.05) is 11.5 Å². The van der Waals surface area contributed by atoms with E-state index in [1.807, 2.05) is 0 Å². The van der Waals surface area contributed by atoms with Crippen LogP contribution in [0.2, 0.25) is 0 Å². The van der Waals surface area contributed by atoms with Gasteiger partial charge in [0.1, 0.15) is 5.71 Å². The van der Waals surface area contributed by atoms with Crippen LogP contribution in [0.5, 0.6) is 0 Å². The predicted molar refractivity (Wildman–Crippen MR) is 41.5 cm³/mol. The van der Waals surface area contributed by atoms with Crippen molar-refractivity contribution >= 4 is 5.71 Å². The average Bonchev–Trinajstić information content (AvgIpc) is 2.78. The fourth-order valence-electron chi connectivity index (χ4n) is 1.97. The van der Waals surface area contributed by atoms with Crippen LogP contribution in [0.4, 0.5) is 22.0 Å². The van der Waals surface area contributed by atoms with Crippen LogP contribution in [0.25, 0.3) is 0 Å². The van der Waals surface area contributed by atoms with Crippen LogP contribution in [0, 0.1) is 17.2 Å². The molecule has 0 amide bonds. The van der Waals surface area contributed by atoms with Gasteiger partial charge in [-0.3, -0.25) is 5.41 Å². The van der Waals surface area contributed by atoms with Gasteiger partial charge in [-0.05, 0) is 12.3 Å². The van der Waals surface area contributed by atoms with E-state index in [1.165, 1.54) is 0 Å². The zero-order chi connectivity index (χ0) is 11.6. The fourth-order valence-corrected chi connectivity index (χ4v) is 1.97. The van der Waals surface area contributed by atoms with E-state index in [4.69, 9.17) is 11.1 Å². The van der Waals surface area contributed by atoms with Gasteiger partial charge in [0.25, 0.3) is 5.92 Å². The molecule has 0 unspecified atom stereocenters. The van der Waals surface area contributed by atoms with Gasteiger partial charge in [-0.15, -0.1) is 0 Å². The topological polar surface area (TPSA) is 49.9 Å². The van der Waals surface area contributed by atoms with Gasteiger partial charge in [-0.25, -0.2) is 0 Å². The van der Waals surface area contributed by atoms with E-state index in [2.05, 4.69) is 0 Å². The van der Waals surface area contributed by atoms with Crippen LogP contribution in [0.3, 0.4) is 0 Å². The van der Waals surface area contributed by atoms with Gasteiger partial charge < -0.3 is 5.73 Å². The zero-order valence-electron chi connectivity index (χ0n) is 7.33. The lowest BCUT2D eigenvalue weighted by Gasteiger charge is -2.15. The van der Waals surface area contributed by atoms with Crippen molar-refractivity contribution in [3.05, 3.63) is 11.3 Å². The van der Waals surface area contributed by atoms with Crippen LogP contribution in [0.1, 0.15) is 6.42 Å². The van der Waals surface area contributed by atoms with Crippen molar-refractivity contribution in [2.45, 2.75) is 18.5 Å². The molecule has 0 spiro atoms. The molecule has 2 nitrogen and oxygen atoms in total. The summed E-state index contributed by atoms with van der Waals surface area (Å²) in [4.78, 5) is 0. The molecule has 0 saturated heterocycles. The maximum absolute atomic E-state index is 13.1. The summed E-state index contributed by atoms with van der Waals surface area (Å²) in [7, 11) is 0. The third kappa shape index (κ3) is 1.25. The molecule has 0 aromatic rings. The maximum Gasteiger partial charge on any atom is 0.433 e. The number of alkyl halides is 5. The van der Waals surface area contributed by atoms with Crippen LogP contribution < -0.4 is 5.73 Å². The SMILES string of the molecule is N=C(C1=C(N)C(F)(F)[C@@H]2C[C@H]12)C(F)(F)F. The second kappa shape index (κ2) is 2.51. The van der Waals surface area contributed by atoms with Crippen LogP contribution in [0.15, 0.2) is 11.3 Å². The summed E-state index contributed by atoms with van der Waals surface area (Å²) in [6.45, 7) is 0. The number of fused-ring (bicyclic) bond motifs is 1. The van der Waals surface area contributed by atoms with E-state index in [0.29, 0.717) is 0 Å². The second-order valence-corrected chi connectivity index (χ2v) is 3.77. The highest BCUT2D eigenvalue weighted by Gasteiger charge is 2.66. The Hall–Kier alpha value is -1.14. The molecule has 0 aromatic carbocycles. The second-order valence-electron chi connectivity index (χ2n) is 3.77. The molecule has 84 valence electrons. The third-order valence-corrected chi connectivity index (χ3v) is 2.83. The van der Waals surface area contributed by atoms with E-state index in [9.17, 15) is 22.0 Å². The van der Waals surface area contributed by atoms with Gasteiger partial charge in [0.15, 0.2) is 0 Å². The monoisotopic (exact) mass is 226 g/mol. The third-order valence-electron chi connectivity index (χ3n) is 2.83. The molecule has 7 heteroatoms. The normalized spacial score (nSPS) is 32.9.